The Bertz CT molecular complexity index is 1220. The summed E-state index contributed by atoms with van der Waals surface area (Å²) in [5.41, 5.74) is 2.76. The number of aromatic nitrogens is 5. The Balaban J connectivity index is 1.51. The van der Waals surface area contributed by atoms with Crippen LogP contribution >= 0.6 is 0 Å². The van der Waals surface area contributed by atoms with Crippen LogP contribution in [0.3, 0.4) is 0 Å². The van der Waals surface area contributed by atoms with E-state index >= 15 is 0 Å². The summed E-state index contributed by atoms with van der Waals surface area (Å²) in [5.74, 6) is 0.893. The van der Waals surface area contributed by atoms with Crippen LogP contribution in [-0.2, 0) is 11.3 Å². The van der Waals surface area contributed by atoms with E-state index in [1.807, 2.05) is 29.3 Å². The third kappa shape index (κ3) is 4.14. The van der Waals surface area contributed by atoms with Crippen molar-refractivity contribution in [2.75, 3.05) is 13.7 Å². The number of rotatable bonds is 6. The van der Waals surface area contributed by atoms with Crippen LogP contribution in [0, 0.1) is 0 Å². The first-order chi connectivity index (χ1) is 16.3. The molecule has 0 aromatic carbocycles. The summed E-state index contributed by atoms with van der Waals surface area (Å²) in [4.78, 5) is 28.8. The summed E-state index contributed by atoms with van der Waals surface area (Å²) in [6.07, 6.45) is 11.3. The predicted octanol–water partition coefficient (Wildman–Crippen LogP) is 3.83. The monoisotopic (exact) mass is 444 g/mol. The lowest BCUT2D eigenvalue weighted by Crippen LogP contribution is -2.39. The predicted molar refractivity (Wildman–Crippen MR) is 119 cm³/mol. The van der Waals surface area contributed by atoms with Gasteiger partial charge in [-0.15, -0.1) is 0 Å². The fraction of sp³-hybridized carbons (Fsp3) is 0.292. The van der Waals surface area contributed by atoms with Gasteiger partial charge in [-0.25, -0.2) is 9.97 Å². The molecule has 1 atom stereocenters. The maximum absolute atomic E-state index is 13.7. The first-order valence-electron chi connectivity index (χ1n) is 10.9. The molecule has 0 unspecified atom stereocenters. The molecule has 9 heteroatoms. The maximum atomic E-state index is 13.7. The van der Waals surface area contributed by atoms with Crippen LogP contribution in [0.4, 0.5) is 0 Å². The molecular formula is C24H24N6O3. The van der Waals surface area contributed by atoms with Gasteiger partial charge in [-0.1, -0.05) is 6.07 Å². The molecule has 0 saturated carbocycles. The zero-order chi connectivity index (χ0) is 22.6. The van der Waals surface area contributed by atoms with Gasteiger partial charge in [0, 0.05) is 32.2 Å². The van der Waals surface area contributed by atoms with Gasteiger partial charge < -0.3 is 14.1 Å². The SMILES string of the molecule is COCc1c(C(=O)N2CCCC[C@@H]2c2cccnc2)cnn1-c1nccc(-c2ccco2)n1. The number of carbonyl (C=O) groups excluding carboxylic acids is 1. The third-order valence-electron chi connectivity index (χ3n) is 5.82. The minimum atomic E-state index is -0.0796. The zero-order valence-electron chi connectivity index (χ0n) is 18.3. The molecule has 1 aliphatic heterocycles. The van der Waals surface area contributed by atoms with Gasteiger partial charge in [0.2, 0.25) is 0 Å². The zero-order valence-corrected chi connectivity index (χ0v) is 18.3. The van der Waals surface area contributed by atoms with Crippen molar-refractivity contribution < 1.29 is 13.9 Å². The highest BCUT2D eigenvalue weighted by atomic mass is 16.5. The van der Waals surface area contributed by atoms with Crippen molar-refractivity contribution in [3.63, 3.8) is 0 Å². The lowest BCUT2D eigenvalue weighted by Gasteiger charge is -2.36. The minimum absolute atomic E-state index is 0.0165. The molecule has 0 spiro atoms. The van der Waals surface area contributed by atoms with Crippen molar-refractivity contribution in [2.24, 2.45) is 0 Å². The smallest absolute Gasteiger partial charge is 0.257 e. The molecule has 5 heterocycles. The van der Waals surface area contributed by atoms with Crippen molar-refractivity contribution in [3.8, 4) is 17.4 Å². The molecule has 0 bridgehead atoms. The molecule has 168 valence electrons. The van der Waals surface area contributed by atoms with Gasteiger partial charge in [0.1, 0.15) is 5.69 Å². The summed E-state index contributed by atoms with van der Waals surface area (Å²) in [7, 11) is 1.59. The van der Waals surface area contributed by atoms with E-state index in [-0.39, 0.29) is 18.6 Å². The molecule has 33 heavy (non-hydrogen) atoms. The average Bonchev–Trinajstić information content (AvgIpc) is 3.55. The first-order valence-corrected chi connectivity index (χ1v) is 10.9. The second kappa shape index (κ2) is 9.33. The van der Waals surface area contributed by atoms with Gasteiger partial charge in [0.15, 0.2) is 5.76 Å². The molecule has 1 saturated heterocycles. The summed E-state index contributed by atoms with van der Waals surface area (Å²) < 4.78 is 12.4. The normalized spacial score (nSPS) is 16.2. The number of hydrogen-bond donors (Lipinski definition) is 0. The van der Waals surface area contributed by atoms with Crippen LogP contribution < -0.4 is 0 Å². The molecule has 0 N–H and O–H groups in total. The highest BCUT2D eigenvalue weighted by Crippen LogP contribution is 2.32. The molecule has 4 aromatic rings. The highest BCUT2D eigenvalue weighted by molar-refractivity contribution is 5.95. The van der Waals surface area contributed by atoms with E-state index in [0.29, 0.717) is 35.2 Å². The van der Waals surface area contributed by atoms with E-state index in [4.69, 9.17) is 9.15 Å². The Kier molecular flexibility index (Phi) is 5.95. The summed E-state index contributed by atoms with van der Waals surface area (Å²) in [6, 6.07) is 9.31. The molecule has 1 aliphatic rings. The van der Waals surface area contributed by atoms with E-state index in [0.717, 1.165) is 24.8 Å². The number of ether oxygens (including phenoxy) is 1. The largest absolute Gasteiger partial charge is 0.463 e. The molecule has 5 rings (SSSR count). The van der Waals surface area contributed by atoms with Crippen molar-refractivity contribution in [1.82, 2.24) is 29.6 Å². The van der Waals surface area contributed by atoms with Gasteiger partial charge >= 0.3 is 0 Å². The number of methoxy groups -OCH3 is 1. The Morgan fingerprint density at radius 1 is 1.18 bits per heavy atom. The van der Waals surface area contributed by atoms with E-state index in [1.165, 1.54) is 0 Å². The fourth-order valence-corrected chi connectivity index (χ4v) is 4.26. The van der Waals surface area contributed by atoms with Crippen molar-refractivity contribution in [2.45, 2.75) is 31.9 Å². The van der Waals surface area contributed by atoms with E-state index in [1.54, 1.807) is 48.8 Å². The Hall–Kier alpha value is -3.85. The number of piperidine rings is 1. The topological polar surface area (TPSA) is 99.2 Å². The number of amides is 1. The fourth-order valence-electron chi connectivity index (χ4n) is 4.26. The molecule has 1 fully saturated rings. The van der Waals surface area contributed by atoms with Crippen molar-refractivity contribution in [1.29, 1.82) is 0 Å². The number of furan rings is 1. The number of pyridine rings is 1. The first kappa shape index (κ1) is 21.0. The van der Waals surface area contributed by atoms with E-state index in [9.17, 15) is 4.79 Å². The van der Waals surface area contributed by atoms with Crippen LogP contribution in [-0.4, -0.2) is 49.2 Å². The molecular weight excluding hydrogens is 420 g/mol. The van der Waals surface area contributed by atoms with Crippen LogP contribution in [0.5, 0.6) is 0 Å². The number of hydrogen-bond acceptors (Lipinski definition) is 7. The Labute approximate surface area is 191 Å². The Morgan fingerprint density at radius 3 is 2.91 bits per heavy atom. The van der Waals surface area contributed by atoms with Gasteiger partial charge in [-0.3, -0.25) is 9.78 Å². The molecule has 4 aromatic heterocycles. The lowest BCUT2D eigenvalue weighted by atomic mass is 9.95. The maximum Gasteiger partial charge on any atom is 0.257 e. The number of carbonyl (C=O) groups is 1. The van der Waals surface area contributed by atoms with Crippen LogP contribution in [0.25, 0.3) is 17.4 Å². The second-order valence-electron chi connectivity index (χ2n) is 7.87. The number of nitrogens with zero attached hydrogens (tertiary/aromatic N) is 6. The van der Waals surface area contributed by atoms with Gasteiger partial charge in [0.25, 0.3) is 11.9 Å². The molecule has 0 radical (unpaired) electrons. The van der Waals surface area contributed by atoms with Crippen LogP contribution in [0.1, 0.15) is 46.9 Å². The second-order valence-corrected chi connectivity index (χ2v) is 7.87. The lowest BCUT2D eigenvalue weighted by molar-refractivity contribution is 0.0606. The standard InChI is InChI=1S/C24H24N6O3/c1-32-16-21-18(23(31)29-12-3-2-7-20(29)17-6-4-10-25-14-17)15-27-30(21)24-26-11-9-19(28-24)22-8-5-13-33-22/h4-6,8-11,13-15,20H,2-3,7,12,16H2,1H3/t20-/m1/s1. The summed E-state index contributed by atoms with van der Waals surface area (Å²) in [6.45, 7) is 0.876. The van der Waals surface area contributed by atoms with Gasteiger partial charge in [0.05, 0.1) is 36.4 Å². The van der Waals surface area contributed by atoms with Crippen molar-refractivity contribution in [3.05, 3.63) is 78.2 Å². The highest BCUT2D eigenvalue weighted by Gasteiger charge is 2.31. The quantitative estimate of drug-likeness (QED) is 0.446. The minimum Gasteiger partial charge on any atom is -0.463 e. The molecule has 0 aliphatic carbocycles. The number of likely N-dealkylation sites (tertiary alicyclic amines) is 1. The summed E-state index contributed by atoms with van der Waals surface area (Å²) in [5, 5.41) is 4.46. The molecule has 9 nitrogen and oxygen atoms in total. The Morgan fingerprint density at radius 2 is 2.12 bits per heavy atom. The van der Waals surface area contributed by atoms with Gasteiger partial charge in [-0.2, -0.15) is 9.78 Å². The van der Waals surface area contributed by atoms with E-state index < -0.39 is 0 Å². The van der Waals surface area contributed by atoms with Crippen LogP contribution in [0.2, 0.25) is 0 Å². The average molecular weight is 444 g/mol. The van der Waals surface area contributed by atoms with Gasteiger partial charge in [-0.05, 0) is 49.1 Å². The third-order valence-corrected chi connectivity index (χ3v) is 5.82. The van der Waals surface area contributed by atoms with E-state index in [2.05, 4.69) is 20.1 Å². The van der Waals surface area contributed by atoms with Crippen LogP contribution in [0.15, 0.2) is 65.8 Å². The van der Waals surface area contributed by atoms with Crippen molar-refractivity contribution >= 4 is 5.91 Å². The summed E-state index contributed by atoms with van der Waals surface area (Å²) >= 11 is 0. The molecule has 1 amide bonds.